The fourth-order valence-corrected chi connectivity index (χ4v) is 4.18. The van der Waals surface area contributed by atoms with E-state index in [1.165, 1.54) is 128 Å². The molecule has 0 saturated carbocycles. The highest BCUT2D eigenvalue weighted by Gasteiger charge is 2.03. The first-order valence-corrected chi connectivity index (χ1v) is 14.3. The minimum absolute atomic E-state index is 0.00143. The second kappa shape index (κ2) is 25.7. The van der Waals surface area contributed by atoms with Gasteiger partial charge in [0, 0.05) is 6.42 Å². The van der Waals surface area contributed by atoms with E-state index in [9.17, 15) is 4.79 Å². The van der Waals surface area contributed by atoms with E-state index in [4.69, 9.17) is 4.74 Å². The molecule has 0 N–H and O–H groups in total. The van der Waals surface area contributed by atoms with Crippen molar-refractivity contribution >= 4 is 5.97 Å². The van der Waals surface area contributed by atoms with Crippen molar-refractivity contribution in [3.05, 3.63) is 0 Å². The summed E-state index contributed by atoms with van der Waals surface area (Å²) in [6.07, 6.45) is 30.8. The Balaban J connectivity index is 3.08. The number of hydrogen-bond donors (Lipinski definition) is 0. The van der Waals surface area contributed by atoms with Crippen molar-refractivity contribution in [1.82, 2.24) is 0 Å². The van der Waals surface area contributed by atoms with Crippen molar-refractivity contribution in [2.24, 2.45) is 5.92 Å². The minimum atomic E-state index is -0.00143. The summed E-state index contributed by atoms with van der Waals surface area (Å²) in [5.41, 5.74) is 0. The van der Waals surface area contributed by atoms with Crippen LogP contribution in [0.5, 0.6) is 0 Å². The van der Waals surface area contributed by atoms with Gasteiger partial charge in [0.15, 0.2) is 0 Å². The molecule has 0 heterocycles. The molecule has 0 bridgehead atoms. The number of ether oxygens (including phenoxy) is 1. The van der Waals surface area contributed by atoms with E-state index in [-0.39, 0.29) is 5.97 Å². The molecule has 186 valence electrons. The lowest BCUT2D eigenvalue weighted by Gasteiger charge is -2.06. The number of esters is 1. The maximum absolute atomic E-state index is 11.6. The van der Waals surface area contributed by atoms with Crippen molar-refractivity contribution in [2.45, 2.75) is 168 Å². The highest BCUT2D eigenvalue weighted by Crippen LogP contribution is 2.15. The molecule has 0 aliphatic rings. The molecule has 0 aliphatic heterocycles. The summed E-state index contributed by atoms with van der Waals surface area (Å²) in [5, 5.41) is 0. The first kappa shape index (κ1) is 30.5. The molecule has 2 nitrogen and oxygen atoms in total. The first-order valence-electron chi connectivity index (χ1n) is 14.3. The van der Waals surface area contributed by atoms with E-state index in [0.29, 0.717) is 18.9 Å². The van der Waals surface area contributed by atoms with Crippen LogP contribution in [0.4, 0.5) is 0 Å². The molecular formula is C29H58O2. The summed E-state index contributed by atoms with van der Waals surface area (Å²) in [4.78, 5) is 11.6. The second-order valence-electron chi connectivity index (χ2n) is 10.2. The van der Waals surface area contributed by atoms with Gasteiger partial charge in [0.2, 0.25) is 0 Å². The van der Waals surface area contributed by atoms with Gasteiger partial charge in [-0.3, -0.25) is 4.79 Å². The van der Waals surface area contributed by atoms with Crippen molar-refractivity contribution in [3.8, 4) is 0 Å². The highest BCUT2D eigenvalue weighted by atomic mass is 16.5. The second-order valence-corrected chi connectivity index (χ2v) is 10.2. The molecule has 0 rings (SSSR count). The van der Waals surface area contributed by atoms with Crippen LogP contribution in [-0.2, 0) is 9.53 Å². The zero-order valence-corrected chi connectivity index (χ0v) is 21.9. The predicted octanol–water partition coefficient (Wildman–Crippen LogP) is 10.2. The lowest BCUT2D eigenvalue weighted by Crippen LogP contribution is -2.07. The van der Waals surface area contributed by atoms with E-state index in [0.717, 1.165) is 12.8 Å². The van der Waals surface area contributed by atoms with Gasteiger partial charge in [0.1, 0.15) is 0 Å². The summed E-state index contributed by atoms with van der Waals surface area (Å²) in [6, 6.07) is 0. The lowest BCUT2D eigenvalue weighted by atomic mass is 10.0. The molecule has 0 aromatic carbocycles. The quantitative estimate of drug-likeness (QED) is 0.105. The van der Waals surface area contributed by atoms with Crippen molar-refractivity contribution < 1.29 is 9.53 Å². The maximum Gasteiger partial charge on any atom is 0.305 e. The van der Waals surface area contributed by atoms with Crippen molar-refractivity contribution in [3.63, 3.8) is 0 Å². The molecule has 0 atom stereocenters. The summed E-state index contributed by atoms with van der Waals surface area (Å²) in [5.74, 6) is 0.607. The van der Waals surface area contributed by atoms with Gasteiger partial charge in [0.05, 0.1) is 6.61 Å². The van der Waals surface area contributed by atoms with Crippen LogP contribution in [0.2, 0.25) is 0 Å². The summed E-state index contributed by atoms with van der Waals surface area (Å²) < 4.78 is 5.26. The molecule has 0 aromatic rings. The molecule has 0 aromatic heterocycles. The first-order chi connectivity index (χ1) is 15.2. The number of hydrogen-bond acceptors (Lipinski definition) is 2. The van der Waals surface area contributed by atoms with Gasteiger partial charge in [-0.25, -0.2) is 0 Å². The van der Waals surface area contributed by atoms with Gasteiger partial charge in [-0.05, 0) is 18.8 Å². The smallest absolute Gasteiger partial charge is 0.305 e. The van der Waals surface area contributed by atoms with Crippen LogP contribution in [0.25, 0.3) is 0 Å². The Morgan fingerprint density at radius 3 is 1.19 bits per heavy atom. The Bertz CT molecular complexity index is 351. The normalized spacial score (nSPS) is 11.4. The summed E-state index contributed by atoms with van der Waals surface area (Å²) in [7, 11) is 0. The fraction of sp³-hybridized carbons (Fsp3) is 0.966. The number of carbonyl (C=O) groups is 1. The van der Waals surface area contributed by atoms with Crippen LogP contribution in [0.15, 0.2) is 0 Å². The van der Waals surface area contributed by atoms with Gasteiger partial charge in [-0.2, -0.15) is 0 Å². The van der Waals surface area contributed by atoms with E-state index in [1.54, 1.807) is 0 Å². The topological polar surface area (TPSA) is 26.3 Å². The Labute approximate surface area is 196 Å². The lowest BCUT2D eigenvalue weighted by molar-refractivity contribution is -0.144. The third-order valence-corrected chi connectivity index (χ3v) is 6.44. The third kappa shape index (κ3) is 27.4. The molecule has 0 saturated heterocycles. The van der Waals surface area contributed by atoms with Crippen LogP contribution in [-0.4, -0.2) is 12.6 Å². The molecule has 2 heteroatoms. The highest BCUT2D eigenvalue weighted by molar-refractivity contribution is 5.69. The zero-order valence-electron chi connectivity index (χ0n) is 21.9. The molecule has 0 fully saturated rings. The fourth-order valence-electron chi connectivity index (χ4n) is 4.18. The van der Waals surface area contributed by atoms with Crippen LogP contribution in [0.1, 0.15) is 168 Å². The molecule has 0 amide bonds. The Morgan fingerprint density at radius 1 is 0.548 bits per heavy atom. The largest absolute Gasteiger partial charge is 0.466 e. The molecule has 0 radical (unpaired) electrons. The average Bonchev–Trinajstić information content (AvgIpc) is 2.74. The Hall–Kier alpha value is -0.530. The van der Waals surface area contributed by atoms with Crippen molar-refractivity contribution in [2.75, 3.05) is 6.61 Å². The van der Waals surface area contributed by atoms with E-state index in [1.807, 2.05) is 0 Å². The third-order valence-electron chi connectivity index (χ3n) is 6.44. The van der Waals surface area contributed by atoms with E-state index >= 15 is 0 Å². The summed E-state index contributed by atoms with van der Waals surface area (Å²) >= 11 is 0. The molecule has 31 heavy (non-hydrogen) atoms. The number of unbranched alkanes of at least 4 members (excludes halogenated alkanes) is 20. The minimum Gasteiger partial charge on any atom is -0.466 e. The molecule has 0 spiro atoms. The zero-order chi connectivity index (χ0) is 22.8. The van der Waals surface area contributed by atoms with Crippen LogP contribution in [0, 0.1) is 5.92 Å². The standard InChI is InChI=1S/C29H58O2/c1-4-5-6-7-8-9-10-11-12-13-14-15-16-17-18-19-20-21-22-23-24-25-29(30)31-27-26-28(2)3/h28H,4-27H2,1-3H3. The van der Waals surface area contributed by atoms with Crippen LogP contribution in [0.3, 0.4) is 0 Å². The van der Waals surface area contributed by atoms with E-state index in [2.05, 4.69) is 20.8 Å². The monoisotopic (exact) mass is 438 g/mol. The molecule has 0 aliphatic carbocycles. The van der Waals surface area contributed by atoms with E-state index < -0.39 is 0 Å². The molecular weight excluding hydrogens is 380 g/mol. The van der Waals surface area contributed by atoms with Gasteiger partial charge in [-0.15, -0.1) is 0 Å². The van der Waals surface area contributed by atoms with Gasteiger partial charge >= 0.3 is 5.97 Å². The predicted molar refractivity (Wildman–Crippen MR) is 138 cm³/mol. The van der Waals surface area contributed by atoms with Crippen LogP contribution < -0.4 is 0 Å². The number of rotatable bonds is 25. The van der Waals surface area contributed by atoms with Gasteiger partial charge in [0.25, 0.3) is 0 Å². The maximum atomic E-state index is 11.6. The van der Waals surface area contributed by atoms with Gasteiger partial charge in [-0.1, -0.05) is 149 Å². The molecule has 0 unspecified atom stereocenters. The number of carbonyl (C=O) groups excluding carboxylic acids is 1. The average molecular weight is 439 g/mol. The van der Waals surface area contributed by atoms with Crippen LogP contribution >= 0.6 is 0 Å². The Kier molecular flexibility index (Phi) is 25.3. The SMILES string of the molecule is CCCCCCCCCCCCCCCCCCCCCCCC(=O)OCCC(C)C. The Morgan fingerprint density at radius 2 is 0.871 bits per heavy atom. The van der Waals surface area contributed by atoms with Crippen molar-refractivity contribution in [1.29, 1.82) is 0 Å². The summed E-state index contributed by atoms with van der Waals surface area (Å²) in [6.45, 7) is 7.21. The van der Waals surface area contributed by atoms with Gasteiger partial charge < -0.3 is 4.74 Å².